The zero-order valence-electron chi connectivity index (χ0n) is 8.73. The Morgan fingerprint density at radius 1 is 1.56 bits per heavy atom. The van der Waals surface area contributed by atoms with Crippen LogP contribution >= 0.6 is 15.9 Å². The molecule has 0 atom stereocenters. The number of nitrogens with two attached hydrogens (primary N) is 1. The van der Waals surface area contributed by atoms with Gasteiger partial charge in [-0.2, -0.15) is 0 Å². The molecular formula is C10H12BrNO3S. The second kappa shape index (κ2) is 4.99. The maximum absolute atomic E-state index is 11.3. The van der Waals surface area contributed by atoms with E-state index in [1.54, 1.807) is 19.1 Å². The molecule has 0 aliphatic carbocycles. The summed E-state index contributed by atoms with van der Waals surface area (Å²) in [6.45, 7) is 5.56. The fraction of sp³-hybridized carbons (Fsp3) is 0.200. The Balaban J connectivity index is 3.13. The minimum Gasteiger partial charge on any atom is -0.487 e. The standard InChI is InChI=1S/C10H12BrNO3S/c1-7-3-4-9(15-6-8(2)11)10(5-7)16(12,13)14/h3-5H,2,6H2,1H3,(H2,12,13,14). The lowest BCUT2D eigenvalue weighted by Gasteiger charge is -2.10. The number of hydrogen-bond acceptors (Lipinski definition) is 3. The number of aryl methyl sites for hydroxylation is 1. The molecule has 0 saturated carbocycles. The molecule has 0 radical (unpaired) electrons. The Bertz CT molecular complexity index is 511. The van der Waals surface area contributed by atoms with Crippen LogP contribution in [0.1, 0.15) is 5.56 Å². The molecule has 0 fully saturated rings. The Kier molecular flexibility index (Phi) is 4.12. The van der Waals surface area contributed by atoms with Crippen LogP contribution in [0, 0.1) is 6.92 Å². The van der Waals surface area contributed by atoms with E-state index >= 15 is 0 Å². The second-order valence-electron chi connectivity index (χ2n) is 3.30. The first-order valence-corrected chi connectivity index (χ1v) is 6.74. The van der Waals surface area contributed by atoms with Gasteiger partial charge in [0, 0.05) is 4.48 Å². The van der Waals surface area contributed by atoms with E-state index in [0.29, 0.717) is 4.48 Å². The Hall–Kier alpha value is -0.850. The molecule has 0 spiro atoms. The highest BCUT2D eigenvalue weighted by Gasteiger charge is 2.15. The van der Waals surface area contributed by atoms with Crippen molar-refractivity contribution in [1.29, 1.82) is 0 Å². The molecule has 1 rings (SSSR count). The van der Waals surface area contributed by atoms with E-state index < -0.39 is 10.0 Å². The second-order valence-corrected chi connectivity index (χ2v) is 5.95. The van der Waals surface area contributed by atoms with Gasteiger partial charge in [0.2, 0.25) is 10.0 Å². The van der Waals surface area contributed by atoms with Gasteiger partial charge in [0.15, 0.2) is 0 Å². The molecule has 6 heteroatoms. The molecule has 4 nitrogen and oxygen atoms in total. The summed E-state index contributed by atoms with van der Waals surface area (Å²) in [5, 5.41) is 5.09. The molecule has 0 unspecified atom stereocenters. The van der Waals surface area contributed by atoms with Crippen LogP contribution in [0.25, 0.3) is 0 Å². The van der Waals surface area contributed by atoms with Gasteiger partial charge >= 0.3 is 0 Å². The highest BCUT2D eigenvalue weighted by atomic mass is 79.9. The smallest absolute Gasteiger partial charge is 0.241 e. The molecule has 0 aromatic heterocycles. The molecular weight excluding hydrogens is 294 g/mol. The van der Waals surface area contributed by atoms with E-state index in [1.807, 2.05) is 0 Å². The predicted molar refractivity (Wildman–Crippen MR) is 66.1 cm³/mol. The van der Waals surface area contributed by atoms with E-state index in [9.17, 15) is 8.42 Å². The first-order chi connectivity index (χ1) is 7.30. The van der Waals surface area contributed by atoms with E-state index in [0.717, 1.165) is 5.56 Å². The molecule has 2 N–H and O–H groups in total. The molecule has 1 aromatic rings. The molecule has 0 saturated heterocycles. The monoisotopic (exact) mass is 305 g/mol. The first kappa shape index (κ1) is 13.2. The minimum atomic E-state index is -3.77. The van der Waals surface area contributed by atoms with Crippen molar-refractivity contribution in [2.24, 2.45) is 5.14 Å². The lowest BCUT2D eigenvalue weighted by molar-refractivity contribution is 0.351. The Morgan fingerprint density at radius 3 is 2.69 bits per heavy atom. The SMILES string of the molecule is C=C(Br)COc1ccc(C)cc1S(N)(=O)=O. The van der Waals surface area contributed by atoms with Crippen molar-refractivity contribution in [1.82, 2.24) is 0 Å². The molecule has 0 amide bonds. The third-order valence-electron chi connectivity index (χ3n) is 1.79. The van der Waals surface area contributed by atoms with Crippen molar-refractivity contribution >= 4 is 26.0 Å². The summed E-state index contributed by atoms with van der Waals surface area (Å²) in [6, 6.07) is 4.80. The third kappa shape index (κ3) is 3.62. The Morgan fingerprint density at radius 2 is 2.19 bits per heavy atom. The molecule has 1 aromatic carbocycles. The molecule has 88 valence electrons. The maximum atomic E-state index is 11.3. The van der Waals surface area contributed by atoms with Gasteiger partial charge in [-0.25, -0.2) is 13.6 Å². The van der Waals surface area contributed by atoms with Crippen molar-refractivity contribution in [2.75, 3.05) is 6.61 Å². The fourth-order valence-corrected chi connectivity index (χ4v) is 1.98. The van der Waals surface area contributed by atoms with Crippen LogP contribution in [0.15, 0.2) is 34.2 Å². The van der Waals surface area contributed by atoms with E-state index in [2.05, 4.69) is 22.5 Å². The summed E-state index contributed by atoms with van der Waals surface area (Å²) >= 11 is 3.12. The van der Waals surface area contributed by atoms with Gasteiger partial charge in [-0.15, -0.1) is 0 Å². The average Bonchev–Trinajstić information content (AvgIpc) is 2.14. The highest BCUT2D eigenvalue weighted by molar-refractivity contribution is 9.11. The summed E-state index contributed by atoms with van der Waals surface area (Å²) in [5.41, 5.74) is 0.800. The van der Waals surface area contributed by atoms with Crippen LogP contribution in [-0.4, -0.2) is 15.0 Å². The number of sulfonamides is 1. The summed E-state index contributed by atoms with van der Waals surface area (Å²) in [6.07, 6.45) is 0. The number of rotatable bonds is 4. The number of hydrogen-bond donors (Lipinski definition) is 1. The van der Waals surface area contributed by atoms with Crippen LogP contribution < -0.4 is 9.88 Å². The molecule has 0 bridgehead atoms. The fourth-order valence-electron chi connectivity index (χ4n) is 1.11. The summed E-state index contributed by atoms with van der Waals surface area (Å²) in [7, 11) is -3.77. The van der Waals surface area contributed by atoms with Crippen molar-refractivity contribution in [3.05, 3.63) is 34.8 Å². The first-order valence-electron chi connectivity index (χ1n) is 4.40. The lowest BCUT2D eigenvalue weighted by atomic mass is 10.2. The van der Waals surface area contributed by atoms with Crippen LogP contribution in [-0.2, 0) is 10.0 Å². The maximum Gasteiger partial charge on any atom is 0.241 e. The van der Waals surface area contributed by atoms with Gasteiger partial charge in [-0.05, 0) is 24.6 Å². The minimum absolute atomic E-state index is 0.0127. The van der Waals surface area contributed by atoms with Crippen molar-refractivity contribution in [3.8, 4) is 5.75 Å². The Labute approximate surface area is 103 Å². The van der Waals surface area contributed by atoms with Gasteiger partial charge < -0.3 is 4.74 Å². The summed E-state index contributed by atoms with van der Waals surface area (Å²) < 4.78 is 28.5. The lowest BCUT2D eigenvalue weighted by Crippen LogP contribution is -2.14. The molecule has 0 aliphatic rings. The molecule has 0 heterocycles. The van der Waals surface area contributed by atoms with Gasteiger partial charge in [-0.3, -0.25) is 0 Å². The quantitative estimate of drug-likeness (QED) is 0.924. The van der Waals surface area contributed by atoms with Crippen molar-refractivity contribution < 1.29 is 13.2 Å². The summed E-state index contributed by atoms with van der Waals surface area (Å²) in [5.74, 6) is 0.230. The van der Waals surface area contributed by atoms with Crippen LogP contribution in [0.5, 0.6) is 5.75 Å². The number of halogens is 1. The van der Waals surface area contributed by atoms with Crippen LogP contribution in [0.4, 0.5) is 0 Å². The van der Waals surface area contributed by atoms with Crippen molar-refractivity contribution in [3.63, 3.8) is 0 Å². The van der Waals surface area contributed by atoms with E-state index in [1.165, 1.54) is 6.07 Å². The highest BCUT2D eigenvalue weighted by Crippen LogP contribution is 2.24. The average molecular weight is 306 g/mol. The number of ether oxygens (including phenoxy) is 1. The van der Waals surface area contributed by atoms with E-state index in [-0.39, 0.29) is 17.3 Å². The zero-order valence-corrected chi connectivity index (χ0v) is 11.1. The van der Waals surface area contributed by atoms with Gasteiger partial charge in [0.1, 0.15) is 17.3 Å². The van der Waals surface area contributed by atoms with E-state index in [4.69, 9.17) is 9.88 Å². The number of benzene rings is 1. The van der Waals surface area contributed by atoms with Gasteiger partial charge in [-0.1, -0.05) is 28.6 Å². The number of primary sulfonamides is 1. The van der Waals surface area contributed by atoms with Gasteiger partial charge in [0.05, 0.1) is 0 Å². The molecule has 0 aliphatic heterocycles. The van der Waals surface area contributed by atoms with Gasteiger partial charge in [0.25, 0.3) is 0 Å². The van der Waals surface area contributed by atoms with Crippen LogP contribution in [0.3, 0.4) is 0 Å². The summed E-state index contributed by atoms with van der Waals surface area (Å²) in [4.78, 5) is -0.0127. The predicted octanol–water partition coefficient (Wildman–Crippen LogP) is 1.93. The molecule has 16 heavy (non-hydrogen) atoms. The third-order valence-corrected chi connectivity index (χ3v) is 2.95. The normalized spacial score (nSPS) is 11.2. The van der Waals surface area contributed by atoms with Crippen molar-refractivity contribution in [2.45, 2.75) is 11.8 Å². The largest absolute Gasteiger partial charge is 0.487 e. The zero-order chi connectivity index (χ0) is 12.3. The van der Waals surface area contributed by atoms with Crippen LogP contribution in [0.2, 0.25) is 0 Å². The topological polar surface area (TPSA) is 69.4 Å².